The minimum absolute atomic E-state index is 0.310. The van der Waals surface area contributed by atoms with Crippen molar-refractivity contribution in [2.75, 3.05) is 0 Å². The second-order valence-corrected chi connectivity index (χ2v) is 8.23. The number of carboxylic acids is 1. The maximum atomic E-state index is 11.6. The molecule has 0 saturated heterocycles. The van der Waals surface area contributed by atoms with Crippen molar-refractivity contribution in [3.63, 3.8) is 0 Å². The van der Waals surface area contributed by atoms with Crippen molar-refractivity contribution in [2.24, 2.45) is 0 Å². The van der Waals surface area contributed by atoms with Gasteiger partial charge in [-0.2, -0.15) is 5.10 Å². The number of benzene rings is 3. The van der Waals surface area contributed by atoms with E-state index in [1.54, 1.807) is 12.1 Å². The minimum Gasteiger partial charge on any atom is -0.478 e. The Morgan fingerprint density at radius 1 is 0.848 bits per heavy atom. The highest BCUT2D eigenvalue weighted by atomic mass is 16.4. The van der Waals surface area contributed by atoms with Gasteiger partial charge in [0.15, 0.2) is 5.82 Å². The summed E-state index contributed by atoms with van der Waals surface area (Å²) in [5, 5.41) is 14.3. The van der Waals surface area contributed by atoms with Crippen LogP contribution in [0.2, 0.25) is 0 Å². The van der Waals surface area contributed by atoms with Gasteiger partial charge in [0.05, 0.1) is 5.56 Å². The van der Waals surface area contributed by atoms with Crippen LogP contribution in [0.5, 0.6) is 0 Å². The van der Waals surface area contributed by atoms with Gasteiger partial charge in [-0.25, -0.2) is 14.5 Å². The van der Waals surface area contributed by atoms with E-state index in [0.29, 0.717) is 12.0 Å². The third kappa shape index (κ3) is 5.55. The summed E-state index contributed by atoms with van der Waals surface area (Å²) in [4.78, 5) is 16.4. The molecular formula is C28H29N3O2. The molecule has 4 aromatic rings. The van der Waals surface area contributed by atoms with Gasteiger partial charge in [0.1, 0.15) is 5.82 Å². The Labute approximate surface area is 194 Å². The number of carboxylic acid groups (broad SMARTS) is 1. The molecule has 1 aromatic heterocycles. The van der Waals surface area contributed by atoms with Crippen LogP contribution in [0.4, 0.5) is 0 Å². The van der Waals surface area contributed by atoms with Gasteiger partial charge < -0.3 is 5.11 Å². The lowest BCUT2D eigenvalue weighted by Crippen LogP contribution is -2.07. The van der Waals surface area contributed by atoms with Gasteiger partial charge in [-0.1, -0.05) is 99.0 Å². The smallest absolute Gasteiger partial charge is 0.336 e. The Bertz CT molecular complexity index is 1200. The van der Waals surface area contributed by atoms with E-state index in [1.165, 1.54) is 19.3 Å². The lowest BCUT2D eigenvalue weighted by atomic mass is 9.98. The topological polar surface area (TPSA) is 68.0 Å². The average molecular weight is 440 g/mol. The molecule has 168 valence electrons. The minimum atomic E-state index is -0.917. The molecule has 1 heterocycles. The largest absolute Gasteiger partial charge is 0.478 e. The van der Waals surface area contributed by atoms with Gasteiger partial charge in [0.25, 0.3) is 0 Å². The van der Waals surface area contributed by atoms with Gasteiger partial charge in [0, 0.05) is 18.5 Å². The Kier molecular flexibility index (Phi) is 7.30. The summed E-state index contributed by atoms with van der Waals surface area (Å²) in [6, 6.07) is 25.2. The molecule has 33 heavy (non-hydrogen) atoms. The van der Waals surface area contributed by atoms with Crippen LogP contribution in [0, 0.1) is 0 Å². The molecule has 3 aromatic carbocycles. The van der Waals surface area contributed by atoms with E-state index in [2.05, 4.69) is 6.92 Å². The molecule has 0 aliphatic rings. The van der Waals surface area contributed by atoms with Crippen molar-refractivity contribution in [3.05, 3.63) is 95.8 Å². The van der Waals surface area contributed by atoms with Crippen LogP contribution in [-0.4, -0.2) is 25.8 Å². The lowest BCUT2D eigenvalue weighted by Gasteiger charge is -2.08. The number of aryl methyl sites for hydroxylation is 1. The second-order valence-electron chi connectivity index (χ2n) is 8.23. The first-order chi connectivity index (χ1) is 16.2. The van der Waals surface area contributed by atoms with E-state index in [0.717, 1.165) is 46.9 Å². The van der Waals surface area contributed by atoms with Gasteiger partial charge in [0.2, 0.25) is 0 Å². The molecule has 0 bridgehead atoms. The molecule has 0 atom stereocenters. The zero-order valence-electron chi connectivity index (χ0n) is 18.9. The molecule has 0 unspecified atom stereocenters. The predicted octanol–water partition coefficient (Wildman–Crippen LogP) is 6.48. The molecule has 0 radical (unpaired) electrons. The maximum Gasteiger partial charge on any atom is 0.336 e. The molecule has 5 heteroatoms. The van der Waals surface area contributed by atoms with E-state index < -0.39 is 5.97 Å². The third-order valence-electron chi connectivity index (χ3n) is 5.79. The van der Waals surface area contributed by atoms with E-state index in [4.69, 9.17) is 10.1 Å². The predicted molar refractivity (Wildman–Crippen MR) is 131 cm³/mol. The summed E-state index contributed by atoms with van der Waals surface area (Å²) < 4.78 is 2.05. The number of hydrogen-bond donors (Lipinski definition) is 1. The van der Waals surface area contributed by atoms with Gasteiger partial charge in [-0.05, 0) is 29.2 Å². The van der Waals surface area contributed by atoms with Crippen molar-refractivity contribution in [1.29, 1.82) is 0 Å². The summed E-state index contributed by atoms with van der Waals surface area (Å²) >= 11 is 0. The first-order valence-corrected chi connectivity index (χ1v) is 11.6. The Hall–Kier alpha value is -3.73. The van der Waals surface area contributed by atoms with Crippen molar-refractivity contribution in [3.8, 4) is 22.5 Å². The molecular weight excluding hydrogens is 410 g/mol. The fourth-order valence-corrected chi connectivity index (χ4v) is 3.99. The van der Waals surface area contributed by atoms with E-state index in [1.807, 2.05) is 71.4 Å². The highest BCUT2D eigenvalue weighted by Gasteiger charge is 2.14. The normalized spacial score (nSPS) is 10.9. The molecule has 0 saturated carbocycles. The van der Waals surface area contributed by atoms with Crippen LogP contribution in [0.3, 0.4) is 0 Å². The van der Waals surface area contributed by atoms with E-state index in [9.17, 15) is 9.90 Å². The van der Waals surface area contributed by atoms with Crippen LogP contribution in [0.1, 0.15) is 54.4 Å². The zero-order valence-corrected chi connectivity index (χ0v) is 18.9. The lowest BCUT2D eigenvalue weighted by molar-refractivity contribution is 0.0697. The number of carbonyl (C=O) groups is 1. The maximum absolute atomic E-state index is 11.6. The molecule has 5 nitrogen and oxygen atoms in total. The van der Waals surface area contributed by atoms with Crippen LogP contribution in [0.15, 0.2) is 78.9 Å². The van der Waals surface area contributed by atoms with Crippen molar-refractivity contribution < 1.29 is 9.90 Å². The van der Waals surface area contributed by atoms with Crippen LogP contribution in [0.25, 0.3) is 22.5 Å². The number of aromatic carboxylic acids is 1. The second kappa shape index (κ2) is 10.7. The summed E-state index contributed by atoms with van der Waals surface area (Å²) in [6.45, 7) is 3.08. The van der Waals surface area contributed by atoms with Gasteiger partial charge >= 0.3 is 5.97 Å². The molecule has 4 rings (SSSR count). The van der Waals surface area contributed by atoms with Crippen molar-refractivity contribution in [2.45, 2.75) is 45.6 Å². The van der Waals surface area contributed by atoms with Gasteiger partial charge in [-0.15, -0.1) is 0 Å². The number of hydrogen-bond acceptors (Lipinski definition) is 3. The van der Waals surface area contributed by atoms with Crippen molar-refractivity contribution >= 4 is 5.97 Å². The zero-order chi connectivity index (χ0) is 23.0. The monoisotopic (exact) mass is 439 g/mol. The van der Waals surface area contributed by atoms with E-state index in [-0.39, 0.29) is 0 Å². The fraction of sp³-hybridized carbons (Fsp3) is 0.250. The number of unbranched alkanes of at least 4 members (excludes halogenated alkanes) is 3. The highest BCUT2D eigenvalue weighted by Crippen LogP contribution is 2.25. The van der Waals surface area contributed by atoms with Crippen molar-refractivity contribution in [1.82, 2.24) is 14.8 Å². The Morgan fingerprint density at radius 2 is 1.58 bits per heavy atom. The number of aromatic nitrogens is 3. The Balaban J connectivity index is 1.57. The number of rotatable bonds is 10. The molecule has 0 fully saturated rings. The summed E-state index contributed by atoms with van der Waals surface area (Å²) in [5.41, 5.74) is 4.06. The van der Waals surface area contributed by atoms with Crippen LogP contribution in [-0.2, 0) is 13.0 Å². The first kappa shape index (κ1) is 22.5. The summed E-state index contributed by atoms with van der Waals surface area (Å²) in [6.07, 6.45) is 5.39. The quantitative estimate of drug-likeness (QED) is 0.287. The summed E-state index contributed by atoms with van der Waals surface area (Å²) in [7, 11) is 0. The van der Waals surface area contributed by atoms with E-state index >= 15 is 0 Å². The molecule has 0 amide bonds. The third-order valence-corrected chi connectivity index (χ3v) is 5.79. The number of nitrogens with zero attached hydrogens (tertiary/aromatic N) is 3. The standard InChI is InChI=1S/C28H29N3O2/c1-2-3-4-10-19-31-26(29-27(30-31)23-11-6-5-7-12-23)20-21-15-17-22(18-16-21)24-13-8-9-14-25(24)28(32)33/h5-9,11-18H,2-4,10,19-20H2,1H3,(H,32,33). The molecule has 0 aliphatic carbocycles. The SMILES string of the molecule is CCCCCCn1nc(-c2ccccc2)nc1Cc1ccc(-c2ccccc2C(=O)O)cc1. The highest BCUT2D eigenvalue weighted by molar-refractivity contribution is 5.95. The molecule has 0 spiro atoms. The van der Waals surface area contributed by atoms with Crippen LogP contribution >= 0.6 is 0 Å². The Morgan fingerprint density at radius 3 is 2.30 bits per heavy atom. The first-order valence-electron chi connectivity index (χ1n) is 11.6. The molecule has 1 N–H and O–H groups in total. The van der Waals surface area contributed by atoms with Gasteiger partial charge in [-0.3, -0.25) is 0 Å². The fourth-order valence-electron chi connectivity index (χ4n) is 3.99. The van der Waals surface area contributed by atoms with Crippen LogP contribution < -0.4 is 0 Å². The average Bonchev–Trinajstić information content (AvgIpc) is 3.25. The molecule has 0 aliphatic heterocycles. The summed E-state index contributed by atoms with van der Waals surface area (Å²) in [5.74, 6) is 0.788.